The van der Waals surface area contributed by atoms with Crippen LogP contribution in [0.25, 0.3) is 0 Å². The number of rotatable bonds is 6. The first-order valence-corrected chi connectivity index (χ1v) is 7.99. The number of carbonyl (C=O) groups is 2. The van der Waals surface area contributed by atoms with Crippen molar-refractivity contribution in [3.63, 3.8) is 0 Å². The highest BCUT2D eigenvalue weighted by atomic mass is 79.9. The largest absolute Gasteiger partial charge is 0.352 e. The summed E-state index contributed by atoms with van der Waals surface area (Å²) in [5, 5.41) is 5.37. The minimum Gasteiger partial charge on any atom is -0.352 e. The second-order valence-electron chi connectivity index (χ2n) is 5.09. The lowest BCUT2D eigenvalue weighted by atomic mass is 10.1. The SMILES string of the molecule is NC(=O)Nc1ccc(CNC(=O)CCc2cccc(Br)c2)cc1. The molecule has 0 radical (unpaired) electrons. The summed E-state index contributed by atoms with van der Waals surface area (Å²) in [6, 6.07) is 14.5. The van der Waals surface area contributed by atoms with Crippen LogP contribution < -0.4 is 16.4 Å². The number of primary amides is 1. The normalized spacial score (nSPS) is 10.1. The maximum absolute atomic E-state index is 11.9. The molecule has 0 aromatic heterocycles. The molecule has 0 saturated heterocycles. The maximum Gasteiger partial charge on any atom is 0.316 e. The van der Waals surface area contributed by atoms with Crippen molar-refractivity contribution in [1.82, 2.24) is 5.32 Å². The van der Waals surface area contributed by atoms with Crippen LogP contribution in [0, 0.1) is 0 Å². The summed E-state index contributed by atoms with van der Waals surface area (Å²) < 4.78 is 1.01. The van der Waals surface area contributed by atoms with Crippen molar-refractivity contribution in [1.29, 1.82) is 0 Å². The Bertz CT molecular complexity index is 686. The molecule has 2 aromatic rings. The molecular formula is C17H18BrN3O2. The van der Waals surface area contributed by atoms with Gasteiger partial charge in [0, 0.05) is 23.1 Å². The van der Waals surface area contributed by atoms with Gasteiger partial charge in [-0.15, -0.1) is 0 Å². The zero-order chi connectivity index (χ0) is 16.7. The number of halogens is 1. The number of carbonyl (C=O) groups excluding carboxylic acids is 2. The lowest BCUT2D eigenvalue weighted by Crippen LogP contribution is -2.23. The fraction of sp³-hybridized carbons (Fsp3) is 0.176. The van der Waals surface area contributed by atoms with Crippen LogP contribution in [0.5, 0.6) is 0 Å². The van der Waals surface area contributed by atoms with E-state index in [1.807, 2.05) is 36.4 Å². The molecule has 0 unspecified atom stereocenters. The molecule has 0 bridgehead atoms. The van der Waals surface area contributed by atoms with E-state index >= 15 is 0 Å². The zero-order valence-corrected chi connectivity index (χ0v) is 14.1. The van der Waals surface area contributed by atoms with E-state index in [4.69, 9.17) is 5.73 Å². The predicted molar refractivity (Wildman–Crippen MR) is 94.0 cm³/mol. The minimum absolute atomic E-state index is 0.00399. The molecule has 120 valence electrons. The highest BCUT2D eigenvalue weighted by molar-refractivity contribution is 9.10. The zero-order valence-electron chi connectivity index (χ0n) is 12.5. The van der Waals surface area contributed by atoms with Gasteiger partial charge in [-0.2, -0.15) is 0 Å². The third-order valence-electron chi connectivity index (χ3n) is 3.24. The Morgan fingerprint density at radius 1 is 1.04 bits per heavy atom. The van der Waals surface area contributed by atoms with E-state index in [-0.39, 0.29) is 5.91 Å². The monoisotopic (exact) mass is 375 g/mol. The number of amides is 3. The Morgan fingerprint density at radius 3 is 2.43 bits per heavy atom. The smallest absolute Gasteiger partial charge is 0.316 e. The van der Waals surface area contributed by atoms with E-state index in [0.717, 1.165) is 15.6 Å². The van der Waals surface area contributed by atoms with Crippen molar-refractivity contribution in [2.24, 2.45) is 5.73 Å². The summed E-state index contributed by atoms with van der Waals surface area (Å²) in [5.74, 6) is 0.00399. The van der Waals surface area contributed by atoms with E-state index in [0.29, 0.717) is 25.1 Å². The number of nitrogens with one attached hydrogen (secondary N) is 2. The van der Waals surface area contributed by atoms with Crippen LogP contribution in [0.1, 0.15) is 17.5 Å². The molecule has 0 heterocycles. The molecule has 0 aliphatic heterocycles. The van der Waals surface area contributed by atoms with Gasteiger partial charge in [0.25, 0.3) is 0 Å². The first-order valence-electron chi connectivity index (χ1n) is 7.19. The van der Waals surface area contributed by atoms with Gasteiger partial charge < -0.3 is 16.4 Å². The van der Waals surface area contributed by atoms with Gasteiger partial charge in [-0.3, -0.25) is 4.79 Å². The van der Waals surface area contributed by atoms with Crippen LogP contribution in [0.2, 0.25) is 0 Å². The summed E-state index contributed by atoms with van der Waals surface area (Å²) in [6.45, 7) is 0.453. The molecule has 2 rings (SSSR count). The van der Waals surface area contributed by atoms with E-state index in [2.05, 4.69) is 26.6 Å². The Morgan fingerprint density at radius 2 is 1.78 bits per heavy atom. The third-order valence-corrected chi connectivity index (χ3v) is 3.73. The first-order chi connectivity index (χ1) is 11.0. The van der Waals surface area contributed by atoms with Crippen molar-refractivity contribution in [2.45, 2.75) is 19.4 Å². The maximum atomic E-state index is 11.9. The molecule has 3 amide bonds. The average molecular weight is 376 g/mol. The van der Waals surface area contributed by atoms with Crippen molar-refractivity contribution in [3.8, 4) is 0 Å². The highest BCUT2D eigenvalue weighted by Crippen LogP contribution is 2.13. The molecule has 23 heavy (non-hydrogen) atoms. The van der Waals surface area contributed by atoms with Gasteiger partial charge in [0.15, 0.2) is 0 Å². The summed E-state index contributed by atoms with van der Waals surface area (Å²) in [4.78, 5) is 22.6. The van der Waals surface area contributed by atoms with Crippen molar-refractivity contribution in [3.05, 3.63) is 64.1 Å². The molecule has 4 N–H and O–H groups in total. The van der Waals surface area contributed by atoms with E-state index in [9.17, 15) is 9.59 Å². The van der Waals surface area contributed by atoms with Crippen LogP contribution in [-0.2, 0) is 17.8 Å². The van der Waals surface area contributed by atoms with Gasteiger partial charge >= 0.3 is 6.03 Å². The molecule has 0 saturated carbocycles. The fourth-order valence-electron chi connectivity index (χ4n) is 2.09. The fourth-order valence-corrected chi connectivity index (χ4v) is 2.53. The van der Waals surface area contributed by atoms with Gasteiger partial charge in [0.2, 0.25) is 5.91 Å². The Kier molecular flexibility index (Phi) is 6.17. The van der Waals surface area contributed by atoms with Gasteiger partial charge in [-0.25, -0.2) is 4.79 Å². The summed E-state index contributed by atoms with van der Waals surface area (Å²) in [7, 11) is 0. The topological polar surface area (TPSA) is 84.2 Å². The van der Waals surface area contributed by atoms with Crippen LogP contribution in [-0.4, -0.2) is 11.9 Å². The molecule has 0 aliphatic rings. The summed E-state index contributed by atoms with van der Waals surface area (Å²) >= 11 is 3.42. The number of benzene rings is 2. The van der Waals surface area contributed by atoms with Crippen molar-refractivity contribution >= 4 is 33.6 Å². The van der Waals surface area contributed by atoms with Crippen LogP contribution in [0.3, 0.4) is 0 Å². The molecule has 0 fully saturated rings. The number of hydrogen-bond acceptors (Lipinski definition) is 2. The van der Waals surface area contributed by atoms with E-state index in [1.165, 1.54) is 0 Å². The minimum atomic E-state index is -0.599. The van der Waals surface area contributed by atoms with E-state index < -0.39 is 6.03 Å². The lowest BCUT2D eigenvalue weighted by molar-refractivity contribution is -0.121. The van der Waals surface area contributed by atoms with Gasteiger partial charge in [-0.05, 0) is 41.8 Å². The van der Waals surface area contributed by atoms with Gasteiger partial charge in [0.05, 0.1) is 0 Å². The van der Waals surface area contributed by atoms with E-state index in [1.54, 1.807) is 12.1 Å². The predicted octanol–water partition coefficient (Wildman–Crippen LogP) is 3.19. The Labute approximate surface area is 143 Å². The number of hydrogen-bond donors (Lipinski definition) is 3. The van der Waals surface area contributed by atoms with Crippen molar-refractivity contribution in [2.75, 3.05) is 5.32 Å². The average Bonchev–Trinajstić information content (AvgIpc) is 2.52. The van der Waals surface area contributed by atoms with Gasteiger partial charge in [0.1, 0.15) is 0 Å². The van der Waals surface area contributed by atoms with Crippen LogP contribution in [0.4, 0.5) is 10.5 Å². The molecule has 6 heteroatoms. The molecule has 2 aromatic carbocycles. The second-order valence-corrected chi connectivity index (χ2v) is 6.01. The standard InChI is InChI=1S/C17H18BrN3O2/c18-14-3-1-2-12(10-14)6-9-16(22)20-11-13-4-7-15(8-5-13)21-17(19)23/h1-5,7-8,10H,6,9,11H2,(H,20,22)(H3,19,21,23). The van der Waals surface area contributed by atoms with Gasteiger partial charge in [-0.1, -0.05) is 40.2 Å². The molecule has 0 aliphatic carbocycles. The van der Waals surface area contributed by atoms with Crippen LogP contribution in [0.15, 0.2) is 53.0 Å². The summed E-state index contributed by atoms with van der Waals surface area (Å²) in [6.07, 6.45) is 1.14. The number of nitrogens with two attached hydrogens (primary N) is 1. The van der Waals surface area contributed by atoms with Crippen LogP contribution >= 0.6 is 15.9 Å². The number of aryl methyl sites for hydroxylation is 1. The Balaban J connectivity index is 1.76. The second kappa shape index (κ2) is 8.33. The Hall–Kier alpha value is -2.34. The quantitative estimate of drug-likeness (QED) is 0.724. The molecule has 0 spiro atoms. The number of anilines is 1. The highest BCUT2D eigenvalue weighted by Gasteiger charge is 2.03. The molecule has 5 nitrogen and oxygen atoms in total. The summed E-state index contributed by atoms with van der Waals surface area (Å²) in [5.41, 5.74) is 7.74. The molecule has 0 atom stereocenters. The molecular weight excluding hydrogens is 358 g/mol. The number of urea groups is 1. The lowest BCUT2D eigenvalue weighted by Gasteiger charge is -2.07. The van der Waals surface area contributed by atoms with Crippen molar-refractivity contribution < 1.29 is 9.59 Å². The third kappa shape index (κ3) is 6.12. The first kappa shape index (κ1) is 17.0.